The minimum Gasteiger partial charge on any atom is -0.328 e. The zero-order chi connectivity index (χ0) is 14.2. The van der Waals surface area contributed by atoms with Crippen LogP contribution < -0.4 is 0 Å². The summed E-state index contributed by atoms with van der Waals surface area (Å²) in [4.78, 5) is 12.2. The van der Waals surface area contributed by atoms with Crippen molar-refractivity contribution >= 4 is 29.1 Å². The molecule has 19 heavy (non-hydrogen) atoms. The van der Waals surface area contributed by atoms with Crippen LogP contribution in [0, 0.1) is 0 Å². The fraction of sp³-hybridized carbons (Fsp3) is 0.417. The highest BCUT2D eigenvalue weighted by Crippen LogP contribution is 2.37. The third-order valence-electron chi connectivity index (χ3n) is 3.08. The highest BCUT2D eigenvalue weighted by molar-refractivity contribution is 6.42. The minimum absolute atomic E-state index is 0.100. The van der Waals surface area contributed by atoms with Crippen LogP contribution >= 0.6 is 23.2 Å². The van der Waals surface area contributed by atoms with E-state index in [4.69, 9.17) is 23.2 Å². The number of nitrogens with zero attached hydrogens (tertiary/aromatic N) is 1. The van der Waals surface area contributed by atoms with Crippen molar-refractivity contribution in [2.45, 2.75) is 25.1 Å². The predicted molar refractivity (Wildman–Crippen MR) is 66.2 cm³/mol. The molecule has 0 spiro atoms. The molecule has 7 heteroatoms. The van der Waals surface area contributed by atoms with Gasteiger partial charge in [0.15, 0.2) is 0 Å². The first kappa shape index (κ1) is 14.5. The monoisotopic (exact) mass is 311 g/mol. The number of carbonyl (C=O) groups is 1. The molecule has 2 nitrogen and oxygen atoms in total. The number of carbonyl (C=O) groups excluding carboxylic acids is 1. The molecule has 1 aromatic rings. The Balaban J connectivity index is 2.28. The Bertz CT molecular complexity index is 504. The Morgan fingerprint density at radius 1 is 1.26 bits per heavy atom. The summed E-state index contributed by atoms with van der Waals surface area (Å²) < 4.78 is 37.5. The van der Waals surface area contributed by atoms with E-state index in [1.165, 1.54) is 12.1 Å². The summed E-state index contributed by atoms with van der Waals surface area (Å²) in [6, 6.07) is 4.04. The smallest absolute Gasteiger partial charge is 0.328 e. The molecule has 0 bridgehead atoms. The lowest BCUT2D eigenvalue weighted by atomic mass is 10.0. The molecule has 104 valence electrons. The van der Waals surface area contributed by atoms with Crippen LogP contribution in [0.25, 0.3) is 0 Å². The second-order valence-corrected chi connectivity index (χ2v) is 5.14. The Labute approximate surface area is 118 Å². The number of rotatable bonds is 1. The van der Waals surface area contributed by atoms with E-state index in [0.717, 1.165) is 4.90 Å². The summed E-state index contributed by atoms with van der Waals surface area (Å²) >= 11 is 11.6. The highest BCUT2D eigenvalue weighted by atomic mass is 35.5. The van der Waals surface area contributed by atoms with Crippen molar-refractivity contribution in [3.05, 3.63) is 33.8 Å². The van der Waals surface area contributed by atoms with Crippen molar-refractivity contribution in [1.82, 2.24) is 4.90 Å². The summed E-state index contributed by atoms with van der Waals surface area (Å²) in [7, 11) is 0. The molecule has 1 heterocycles. The van der Waals surface area contributed by atoms with Gasteiger partial charge in [-0.05, 0) is 30.5 Å². The van der Waals surface area contributed by atoms with Crippen molar-refractivity contribution in [2.24, 2.45) is 0 Å². The molecule has 1 saturated heterocycles. The Kier molecular flexibility index (Phi) is 3.97. The minimum atomic E-state index is -4.85. The van der Waals surface area contributed by atoms with Gasteiger partial charge in [-0.25, -0.2) is 0 Å². The normalized spacial score (nSPS) is 19.8. The topological polar surface area (TPSA) is 20.3 Å². The molecule has 1 aliphatic heterocycles. The van der Waals surface area contributed by atoms with E-state index >= 15 is 0 Å². The van der Waals surface area contributed by atoms with Crippen LogP contribution in [0.3, 0.4) is 0 Å². The first-order chi connectivity index (χ1) is 8.80. The molecule has 1 aromatic carbocycles. The molecule has 1 atom stereocenters. The van der Waals surface area contributed by atoms with Crippen LogP contribution in [0.4, 0.5) is 13.2 Å². The van der Waals surface area contributed by atoms with Gasteiger partial charge in [-0.1, -0.05) is 29.3 Å². The largest absolute Gasteiger partial charge is 0.471 e. The summed E-state index contributed by atoms with van der Waals surface area (Å²) in [6.07, 6.45) is -3.83. The lowest BCUT2D eigenvalue weighted by Crippen LogP contribution is -2.40. The van der Waals surface area contributed by atoms with E-state index in [9.17, 15) is 18.0 Å². The lowest BCUT2D eigenvalue weighted by molar-refractivity contribution is -0.186. The average molecular weight is 312 g/mol. The van der Waals surface area contributed by atoms with E-state index in [1.54, 1.807) is 6.07 Å². The number of benzene rings is 1. The number of hydrogen-bond acceptors (Lipinski definition) is 1. The van der Waals surface area contributed by atoms with Gasteiger partial charge in [0.05, 0.1) is 16.1 Å². The fourth-order valence-electron chi connectivity index (χ4n) is 2.24. The van der Waals surface area contributed by atoms with Gasteiger partial charge in [0, 0.05) is 6.54 Å². The molecule has 0 N–H and O–H groups in total. The van der Waals surface area contributed by atoms with E-state index < -0.39 is 18.1 Å². The molecule has 1 amide bonds. The average Bonchev–Trinajstić information content (AvgIpc) is 2.79. The van der Waals surface area contributed by atoms with Crippen LogP contribution in [-0.2, 0) is 4.79 Å². The van der Waals surface area contributed by atoms with Gasteiger partial charge < -0.3 is 4.90 Å². The number of amides is 1. The first-order valence-corrected chi connectivity index (χ1v) is 6.39. The molecule has 0 aliphatic carbocycles. The van der Waals surface area contributed by atoms with E-state index in [-0.39, 0.29) is 11.6 Å². The zero-order valence-corrected chi connectivity index (χ0v) is 11.2. The molecule has 1 fully saturated rings. The van der Waals surface area contributed by atoms with Crippen molar-refractivity contribution in [2.75, 3.05) is 6.54 Å². The summed E-state index contributed by atoms with van der Waals surface area (Å²) in [5, 5.41) is 0.600. The maximum atomic E-state index is 12.5. The van der Waals surface area contributed by atoms with Gasteiger partial charge in [-0.2, -0.15) is 13.2 Å². The van der Waals surface area contributed by atoms with E-state index in [0.29, 0.717) is 23.4 Å². The number of likely N-dealkylation sites (tertiary alicyclic amines) is 1. The highest BCUT2D eigenvalue weighted by Gasteiger charge is 2.46. The van der Waals surface area contributed by atoms with Crippen LogP contribution in [0.1, 0.15) is 24.4 Å². The van der Waals surface area contributed by atoms with Gasteiger partial charge in [0.2, 0.25) is 0 Å². The van der Waals surface area contributed by atoms with Crippen molar-refractivity contribution in [3.8, 4) is 0 Å². The maximum Gasteiger partial charge on any atom is 0.471 e. The van der Waals surface area contributed by atoms with Crippen LogP contribution in [0.15, 0.2) is 18.2 Å². The molecular formula is C12H10Cl2F3NO. The summed E-state index contributed by atoms with van der Waals surface area (Å²) in [5.41, 5.74) is 0.574. The van der Waals surface area contributed by atoms with Gasteiger partial charge in [0.1, 0.15) is 0 Å². The number of alkyl halides is 3. The second-order valence-electron chi connectivity index (χ2n) is 4.33. The Morgan fingerprint density at radius 3 is 2.53 bits per heavy atom. The second kappa shape index (κ2) is 5.21. The molecule has 1 aliphatic rings. The molecular weight excluding hydrogens is 302 g/mol. The van der Waals surface area contributed by atoms with Crippen LogP contribution in [0.2, 0.25) is 10.0 Å². The van der Waals surface area contributed by atoms with Gasteiger partial charge in [-0.3, -0.25) is 4.79 Å². The summed E-state index contributed by atoms with van der Waals surface area (Å²) in [5.74, 6) is -1.80. The van der Waals surface area contributed by atoms with Gasteiger partial charge >= 0.3 is 12.1 Å². The SMILES string of the molecule is O=C(N1CCCC1c1ccc(Cl)c(Cl)c1)C(F)(F)F. The molecule has 0 aromatic heterocycles. The quantitative estimate of drug-likeness (QED) is 0.760. The summed E-state index contributed by atoms with van der Waals surface area (Å²) in [6.45, 7) is 0.100. The zero-order valence-electron chi connectivity index (χ0n) is 9.68. The number of hydrogen-bond donors (Lipinski definition) is 0. The van der Waals surface area contributed by atoms with Gasteiger partial charge in [0.25, 0.3) is 0 Å². The third-order valence-corrected chi connectivity index (χ3v) is 3.82. The van der Waals surface area contributed by atoms with Crippen molar-refractivity contribution < 1.29 is 18.0 Å². The molecule has 1 unspecified atom stereocenters. The molecule has 2 rings (SSSR count). The fourth-order valence-corrected chi connectivity index (χ4v) is 2.55. The third kappa shape index (κ3) is 2.98. The first-order valence-electron chi connectivity index (χ1n) is 5.63. The van der Waals surface area contributed by atoms with E-state index in [1.807, 2.05) is 0 Å². The predicted octanol–water partition coefficient (Wildman–Crippen LogP) is 4.22. The Hall–Kier alpha value is -0.940. The standard InChI is InChI=1S/C12H10Cl2F3NO/c13-8-4-3-7(6-9(8)14)10-2-1-5-18(10)11(19)12(15,16)17/h3-4,6,10H,1-2,5H2. The van der Waals surface area contributed by atoms with Crippen molar-refractivity contribution in [1.29, 1.82) is 0 Å². The van der Waals surface area contributed by atoms with Gasteiger partial charge in [-0.15, -0.1) is 0 Å². The van der Waals surface area contributed by atoms with Crippen molar-refractivity contribution in [3.63, 3.8) is 0 Å². The van der Waals surface area contributed by atoms with E-state index in [2.05, 4.69) is 0 Å². The molecule has 0 saturated carbocycles. The number of halogens is 5. The molecule has 0 radical (unpaired) electrons. The lowest BCUT2D eigenvalue weighted by Gasteiger charge is -2.26. The van der Waals surface area contributed by atoms with Crippen LogP contribution in [-0.4, -0.2) is 23.5 Å². The maximum absolute atomic E-state index is 12.5. The van der Waals surface area contributed by atoms with Crippen LogP contribution in [0.5, 0.6) is 0 Å². The Morgan fingerprint density at radius 2 is 1.95 bits per heavy atom.